The Morgan fingerprint density at radius 3 is 2.38 bits per heavy atom. The molecule has 0 aromatic carbocycles. The molecular formula is C24H29N9O. The first-order chi connectivity index (χ1) is 16.4. The van der Waals surface area contributed by atoms with E-state index in [1.807, 2.05) is 17.1 Å². The average molecular weight is 460 g/mol. The minimum Gasteiger partial charge on any atom is -0.383 e. The summed E-state index contributed by atoms with van der Waals surface area (Å²) in [5.41, 5.74) is 9.83. The fourth-order valence-electron chi connectivity index (χ4n) is 4.75. The Bertz CT molecular complexity index is 1340. The Morgan fingerprint density at radius 2 is 1.71 bits per heavy atom. The van der Waals surface area contributed by atoms with Gasteiger partial charge in [-0.3, -0.25) is 0 Å². The summed E-state index contributed by atoms with van der Waals surface area (Å²) in [5, 5.41) is 13.5. The van der Waals surface area contributed by atoms with Gasteiger partial charge in [-0.2, -0.15) is 5.10 Å². The van der Waals surface area contributed by atoms with Gasteiger partial charge in [-0.15, -0.1) is 0 Å². The van der Waals surface area contributed by atoms with Gasteiger partial charge in [0.25, 0.3) is 0 Å². The highest BCUT2D eigenvalue weighted by Gasteiger charge is 2.36. The Kier molecular flexibility index (Phi) is 4.87. The average Bonchev–Trinajstić information content (AvgIpc) is 3.45. The summed E-state index contributed by atoms with van der Waals surface area (Å²) < 4.78 is 7.76. The first kappa shape index (κ1) is 21.2. The Labute approximate surface area is 197 Å². The normalized spacial score (nSPS) is 17.5. The third-order valence-corrected chi connectivity index (χ3v) is 6.73. The smallest absolute Gasteiger partial charge is 0.165 e. The van der Waals surface area contributed by atoms with Crippen LogP contribution in [0.2, 0.25) is 0 Å². The Hall–Kier alpha value is -3.40. The number of hydrogen-bond acceptors (Lipinski definition) is 9. The zero-order valence-corrected chi connectivity index (χ0v) is 19.7. The molecule has 0 spiro atoms. The molecule has 1 aliphatic carbocycles. The molecule has 6 rings (SSSR count). The predicted octanol–water partition coefficient (Wildman–Crippen LogP) is 3.62. The summed E-state index contributed by atoms with van der Waals surface area (Å²) in [6, 6.07) is 0. The van der Waals surface area contributed by atoms with Crippen molar-refractivity contribution in [2.24, 2.45) is 0 Å². The third-order valence-electron chi connectivity index (χ3n) is 6.73. The van der Waals surface area contributed by atoms with E-state index in [1.54, 1.807) is 0 Å². The lowest BCUT2D eigenvalue weighted by Crippen LogP contribution is -2.26. The van der Waals surface area contributed by atoms with Crippen molar-refractivity contribution in [1.29, 1.82) is 0 Å². The molecule has 3 N–H and O–H groups in total. The van der Waals surface area contributed by atoms with Crippen LogP contribution < -0.4 is 11.1 Å². The molecule has 2 aliphatic rings. The van der Waals surface area contributed by atoms with E-state index in [0.29, 0.717) is 45.9 Å². The summed E-state index contributed by atoms with van der Waals surface area (Å²) in [6.07, 6.45) is 9.71. The van der Waals surface area contributed by atoms with Crippen molar-refractivity contribution >= 4 is 16.9 Å². The van der Waals surface area contributed by atoms with Crippen LogP contribution >= 0.6 is 0 Å². The van der Waals surface area contributed by atoms with Crippen LogP contribution in [0.15, 0.2) is 23.2 Å². The first-order valence-electron chi connectivity index (χ1n) is 11.9. The van der Waals surface area contributed by atoms with E-state index < -0.39 is 0 Å². The fourth-order valence-corrected chi connectivity index (χ4v) is 4.75. The fraction of sp³-hybridized carbons (Fsp3) is 0.500. The van der Waals surface area contributed by atoms with Gasteiger partial charge in [0.2, 0.25) is 0 Å². The lowest BCUT2D eigenvalue weighted by Gasteiger charge is -2.22. The second kappa shape index (κ2) is 7.83. The summed E-state index contributed by atoms with van der Waals surface area (Å²) in [5.74, 6) is 2.60. The number of nitrogen functional groups attached to an aromatic ring is 1. The molecule has 1 saturated heterocycles. The molecule has 176 valence electrons. The maximum Gasteiger partial charge on any atom is 0.165 e. The van der Waals surface area contributed by atoms with Gasteiger partial charge in [-0.05, 0) is 71.0 Å². The van der Waals surface area contributed by atoms with Gasteiger partial charge < -0.3 is 15.6 Å². The molecule has 10 nitrogen and oxygen atoms in total. The van der Waals surface area contributed by atoms with Crippen molar-refractivity contribution in [1.82, 2.24) is 40.2 Å². The van der Waals surface area contributed by atoms with Crippen LogP contribution in [0.1, 0.15) is 69.6 Å². The van der Waals surface area contributed by atoms with Gasteiger partial charge in [0.15, 0.2) is 17.2 Å². The van der Waals surface area contributed by atoms with Crippen molar-refractivity contribution < 1.29 is 4.52 Å². The second-order valence-corrected chi connectivity index (χ2v) is 10.3. The van der Waals surface area contributed by atoms with Gasteiger partial charge in [0, 0.05) is 18.3 Å². The van der Waals surface area contributed by atoms with Crippen molar-refractivity contribution in [2.45, 2.75) is 63.8 Å². The molecule has 0 bridgehead atoms. The van der Waals surface area contributed by atoms with Crippen LogP contribution in [0.4, 0.5) is 5.82 Å². The SMILES string of the molecule is CC(C)(C)n1nc(-c2noc(C3CC3)c2-c2ncc(C3CCNCC3)cn2)c2c(N)ncnc21. The zero-order valence-electron chi connectivity index (χ0n) is 19.7. The topological polar surface area (TPSA) is 133 Å². The highest BCUT2D eigenvalue weighted by molar-refractivity contribution is 6.00. The minimum atomic E-state index is -0.312. The second-order valence-electron chi connectivity index (χ2n) is 10.3. The molecule has 0 radical (unpaired) electrons. The lowest BCUT2D eigenvalue weighted by atomic mass is 9.92. The molecule has 0 atom stereocenters. The number of anilines is 1. The summed E-state index contributed by atoms with van der Waals surface area (Å²) in [6.45, 7) is 8.28. The van der Waals surface area contributed by atoms with Gasteiger partial charge in [0.05, 0.1) is 16.5 Å². The number of nitrogens with two attached hydrogens (primary N) is 1. The highest BCUT2D eigenvalue weighted by atomic mass is 16.5. The number of nitrogens with zero attached hydrogens (tertiary/aromatic N) is 7. The van der Waals surface area contributed by atoms with E-state index in [9.17, 15) is 0 Å². The van der Waals surface area contributed by atoms with Gasteiger partial charge in [0.1, 0.15) is 23.5 Å². The molecule has 1 saturated carbocycles. The molecule has 2 fully saturated rings. The quantitative estimate of drug-likeness (QED) is 0.469. The van der Waals surface area contributed by atoms with Crippen molar-refractivity contribution in [3.63, 3.8) is 0 Å². The monoisotopic (exact) mass is 459 g/mol. The number of aromatic nitrogens is 7. The van der Waals surface area contributed by atoms with Crippen molar-refractivity contribution in [2.75, 3.05) is 18.8 Å². The summed E-state index contributed by atoms with van der Waals surface area (Å²) in [7, 11) is 0. The van der Waals surface area contributed by atoms with Gasteiger partial charge >= 0.3 is 0 Å². The Balaban J connectivity index is 1.51. The highest BCUT2D eigenvalue weighted by Crippen LogP contribution is 2.48. The van der Waals surface area contributed by atoms with Crippen LogP contribution in [-0.4, -0.2) is 48.0 Å². The molecule has 0 unspecified atom stereocenters. The van der Waals surface area contributed by atoms with E-state index >= 15 is 0 Å². The molecule has 10 heteroatoms. The van der Waals surface area contributed by atoms with E-state index in [-0.39, 0.29) is 5.54 Å². The summed E-state index contributed by atoms with van der Waals surface area (Å²) in [4.78, 5) is 18.3. The van der Waals surface area contributed by atoms with E-state index in [1.165, 1.54) is 11.9 Å². The maximum absolute atomic E-state index is 6.32. The molecule has 0 amide bonds. The third kappa shape index (κ3) is 3.53. The number of piperidine rings is 1. The maximum atomic E-state index is 6.32. The molecule has 4 aromatic rings. The zero-order chi connectivity index (χ0) is 23.4. The van der Waals surface area contributed by atoms with Crippen molar-refractivity contribution in [3.8, 4) is 22.8 Å². The van der Waals surface area contributed by atoms with Crippen LogP contribution in [0.25, 0.3) is 33.8 Å². The summed E-state index contributed by atoms with van der Waals surface area (Å²) >= 11 is 0. The standard InChI is InChI=1S/C24H29N9O/c1-24(2,3)33-23-17(21(25)29-12-30-23)18(31-33)19-16(20(34-32-19)14-4-5-14)22-27-10-15(11-28-22)13-6-8-26-9-7-13/h10-14,26H,4-9H2,1-3H3,(H2,25,29,30). The minimum absolute atomic E-state index is 0.312. The van der Waals surface area contributed by atoms with Crippen LogP contribution in [0.5, 0.6) is 0 Å². The van der Waals surface area contributed by atoms with E-state index in [4.69, 9.17) is 25.3 Å². The largest absolute Gasteiger partial charge is 0.383 e. The van der Waals surface area contributed by atoms with Crippen LogP contribution in [0.3, 0.4) is 0 Å². The molecule has 4 aromatic heterocycles. The van der Waals surface area contributed by atoms with Gasteiger partial charge in [-0.1, -0.05) is 5.16 Å². The number of rotatable bonds is 4. The number of fused-ring (bicyclic) bond motifs is 1. The number of hydrogen-bond donors (Lipinski definition) is 2. The van der Waals surface area contributed by atoms with Crippen LogP contribution in [-0.2, 0) is 5.54 Å². The molecule has 1 aliphatic heterocycles. The Morgan fingerprint density at radius 1 is 0.971 bits per heavy atom. The first-order valence-corrected chi connectivity index (χ1v) is 11.9. The lowest BCUT2D eigenvalue weighted by molar-refractivity contribution is 0.365. The van der Waals surface area contributed by atoms with Gasteiger partial charge in [-0.25, -0.2) is 24.6 Å². The van der Waals surface area contributed by atoms with E-state index in [0.717, 1.165) is 50.1 Å². The molecule has 5 heterocycles. The van der Waals surface area contributed by atoms with E-state index in [2.05, 4.69) is 41.2 Å². The molecular weight excluding hydrogens is 430 g/mol. The van der Waals surface area contributed by atoms with Crippen molar-refractivity contribution in [3.05, 3.63) is 30.0 Å². The predicted molar refractivity (Wildman–Crippen MR) is 128 cm³/mol. The number of nitrogens with one attached hydrogen (secondary N) is 1. The van der Waals surface area contributed by atoms with Crippen LogP contribution in [0, 0.1) is 0 Å². The molecule has 34 heavy (non-hydrogen) atoms.